The second-order valence-electron chi connectivity index (χ2n) is 4.58. The van der Waals surface area contributed by atoms with Gasteiger partial charge in [0.1, 0.15) is 0 Å². The second-order valence-corrected chi connectivity index (χ2v) is 5.33. The zero-order chi connectivity index (χ0) is 15.2. The lowest BCUT2D eigenvalue weighted by Crippen LogP contribution is -2.31. The van der Waals surface area contributed by atoms with Crippen LogP contribution in [0, 0.1) is 0 Å². The summed E-state index contributed by atoms with van der Waals surface area (Å²) in [6, 6.07) is 11.2. The molecule has 2 aromatic rings. The Morgan fingerprint density at radius 1 is 1.19 bits per heavy atom. The number of nitrogens with zero attached hydrogens (tertiary/aromatic N) is 3. The topological polar surface area (TPSA) is 46.1 Å². The van der Waals surface area contributed by atoms with Crippen LogP contribution in [0.5, 0.6) is 0 Å². The molecule has 0 unspecified atom stereocenters. The fourth-order valence-electron chi connectivity index (χ4n) is 2.00. The zero-order valence-corrected chi connectivity index (χ0v) is 13.1. The Balaban J connectivity index is 2.25. The van der Waals surface area contributed by atoms with E-state index in [1.165, 1.54) is 6.07 Å². The summed E-state index contributed by atoms with van der Waals surface area (Å²) in [7, 11) is 0. The van der Waals surface area contributed by atoms with E-state index in [4.69, 9.17) is 23.2 Å². The smallest absolute Gasteiger partial charge is 0.257 e. The van der Waals surface area contributed by atoms with E-state index >= 15 is 0 Å². The van der Waals surface area contributed by atoms with Crippen molar-refractivity contribution in [2.75, 3.05) is 6.54 Å². The van der Waals surface area contributed by atoms with Gasteiger partial charge in [-0.25, -0.2) is 0 Å². The normalized spacial score (nSPS) is 10.4. The fraction of sp³-hybridized carbons (Fsp3) is 0.267. The van der Waals surface area contributed by atoms with Crippen molar-refractivity contribution in [3.05, 3.63) is 57.8 Å². The molecular formula is C15H15Cl2N3O. The zero-order valence-electron chi connectivity index (χ0n) is 11.6. The average molecular weight is 324 g/mol. The summed E-state index contributed by atoms with van der Waals surface area (Å²) in [4.78, 5) is 14.4. The molecule has 4 nitrogen and oxygen atoms in total. The molecule has 0 radical (unpaired) electrons. The molecule has 0 saturated heterocycles. The Bertz CT molecular complexity index is 620. The molecule has 0 spiro atoms. The van der Waals surface area contributed by atoms with E-state index in [9.17, 15) is 4.79 Å². The highest BCUT2D eigenvalue weighted by atomic mass is 35.5. The Labute approximate surface area is 133 Å². The predicted molar refractivity (Wildman–Crippen MR) is 83.5 cm³/mol. The number of carbonyl (C=O) groups is 1. The van der Waals surface area contributed by atoms with Crippen LogP contribution in [0.25, 0.3) is 0 Å². The molecule has 0 fully saturated rings. The Kier molecular flexibility index (Phi) is 5.53. The molecule has 0 bridgehead atoms. The lowest BCUT2D eigenvalue weighted by atomic mass is 10.2. The van der Waals surface area contributed by atoms with Crippen molar-refractivity contribution in [2.24, 2.45) is 0 Å². The number of benzene rings is 1. The molecule has 21 heavy (non-hydrogen) atoms. The highest BCUT2D eigenvalue weighted by molar-refractivity contribution is 6.34. The molecule has 0 saturated carbocycles. The van der Waals surface area contributed by atoms with Crippen molar-refractivity contribution >= 4 is 29.1 Å². The van der Waals surface area contributed by atoms with Gasteiger partial charge in [-0.3, -0.25) is 4.79 Å². The average Bonchev–Trinajstić information content (AvgIpc) is 2.49. The van der Waals surface area contributed by atoms with Gasteiger partial charge in [-0.05, 0) is 18.1 Å². The fourth-order valence-corrected chi connectivity index (χ4v) is 2.32. The van der Waals surface area contributed by atoms with Crippen molar-refractivity contribution in [1.29, 1.82) is 0 Å². The molecule has 1 aromatic carbocycles. The van der Waals surface area contributed by atoms with Crippen LogP contribution in [0.1, 0.15) is 29.3 Å². The van der Waals surface area contributed by atoms with E-state index in [2.05, 4.69) is 10.2 Å². The molecule has 0 aliphatic heterocycles. The third-order valence-electron chi connectivity index (χ3n) is 2.95. The minimum absolute atomic E-state index is 0.0681. The van der Waals surface area contributed by atoms with Gasteiger partial charge in [0, 0.05) is 13.1 Å². The number of hydrogen-bond donors (Lipinski definition) is 0. The molecule has 0 atom stereocenters. The Morgan fingerprint density at radius 3 is 2.57 bits per heavy atom. The van der Waals surface area contributed by atoms with Crippen molar-refractivity contribution in [3.8, 4) is 0 Å². The molecule has 1 amide bonds. The summed E-state index contributed by atoms with van der Waals surface area (Å²) in [6.45, 7) is 3.17. The van der Waals surface area contributed by atoms with Gasteiger partial charge in [0.25, 0.3) is 5.91 Å². The number of hydrogen-bond acceptors (Lipinski definition) is 3. The van der Waals surface area contributed by atoms with E-state index in [0.29, 0.717) is 13.1 Å². The van der Waals surface area contributed by atoms with Crippen molar-refractivity contribution in [2.45, 2.75) is 19.9 Å². The molecule has 0 aliphatic rings. The summed E-state index contributed by atoms with van der Waals surface area (Å²) in [5, 5.41) is 7.53. The van der Waals surface area contributed by atoms with Crippen LogP contribution in [0.15, 0.2) is 36.4 Å². The van der Waals surface area contributed by atoms with Gasteiger partial charge < -0.3 is 4.90 Å². The largest absolute Gasteiger partial charge is 0.334 e. The number of aromatic nitrogens is 2. The lowest BCUT2D eigenvalue weighted by Gasteiger charge is -2.22. The highest BCUT2D eigenvalue weighted by Gasteiger charge is 2.20. The maximum Gasteiger partial charge on any atom is 0.257 e. The van der Waals surface area contributed by atoms with Crippen LogP contribution < -0.4 is 0 Å². The molecule has 1 heterocycles. The molecule has 1 aromatic heterocycles. The van der Waals surface area contributed by atoms with Crippen LogP contribution >= 0.6 is 23.2 Å². The maximum atomic E-state index is 12.6. The monoisotopic (exact) mass is 323 g/mol. The molecular weight excluding hydrogens is 309 g/mol. The SMILES string of the molecule is CCCN(Cc1ccccc1)C(=O)c1cc(Cl)nnc1Cl. The minimum Gasteiger partial charge on any atom is -0.334 e. The predicted octanol–water partition coefficient (Wildman–Crippen LogP) is 3.84. The summed E-state index contributed by atoms with van der Waals surface area (Å²) in [5.74, 6) is -0.192. The third kappa shape index (κ3) is 4.16. The van der Waals surface area contributed by atoms with Crippen molar-refractivity contribution in [3.63, 3.8) is 0 Å². The summed E-state index contributed by atoms with van der Waals surface area (Å²) < 4.78 is 0. The van der Waals surface area contributed by atoms with E-state index in [0.717, 1.165) is 12.0 Å². The Hall–Kier alpha value is -1.65. The van der Waals surface area contributed by atoms with Crippen LogP contribution in [0.4, 0.5) is 0 Å². The van der Waals surface area contributed by atoms with E-state index in [1.54, 1.807) is 4.90 Å². The number of amides is 1. The standard InChI is InChI=1S/C15H15Cl2N3O/c1-2-8-20(10-11-6-4-3-5-7-11)15(21)12-9-13(16)18-19-14(12)17/h3-7,9H,2,8,10H2,1H3. The van der Waals surface area contributed by atoms with Gasteiger partial charge >= 0.3 is 0 Å². The summed E-state index contributed by atoms with van der Waals surface area (Å²) >= 11 is 11.8. The van der Waals surface area contributed by atoms with Crippen LogP contribution in [0.3, 0.4) is 0 Å². The van der Waals surface area contributed by atoms with Crippen LogP contribution in [0.2, 0.25) is 10.3 Å². The van der Waals surface area contributed by atoms with Gasteiger partial charge in [0.15, 0.2) is 10.3 Å². The second kappa shape index (κ2) is 7.38. The number of carbonyl (C=O) groups excluding carboxylic acids is 1. The first kappa shape index (κ1) is 15.7. The summed E-state index contributed by atoms with van der Waals surface area (Å²) in [6.07, 6.45) is 0.850. The van der Waals surface area contributed by atoms with Crippen molar-refractivity contribution < 1.29 is 4.79 Å². The van der Waals surface area contributed by atoms with Crippen molar-refractivity contribution in [1.82, 2.24) is 15.1 Å². The molecule has 0 N–H and O–H groups in total. The van der Waals surface area contributed by atoms with E-state index in [-0.39, 0.29) is 21.8 Å². The summed E-state index contributed by atoms with van der Waals surface area (Å²) in [5.41, 5.74) is 1.34. The van der Waals surface area contributed by atoms with Gasteiger partial charge in [-0.15, -0.1) is 10.2 Å². The Morgan fingerprint density at radius 2 is 1.90 bits per heavy atom. The molecule has 2 rings (SSSR count). The van der Waals surface area contributed by atoms with Gasteiger partial charge in [-0.1, -0.05) is 60.5 Å². The van der Waals surface area contributed by atoms with Crippen LogP contribution in [-0.4, -0.2) is 27.5 Å². The lowest BCUT2D eigenvalue weighted by molar-refractivity contribution is 0.0742. The van der Waals surface area contributed by atoms with Crippen LogP contribution in [-0.2, 0) is 6.54 Å². The van der Waals surface area contributed by atoms with Gasteiger partial charge in [-0.2, -0.15) is 0 Å². The minimum atomic E-state index is -0.192. The number of rotatable bonds is 5. The number of halogens is 2. The van der Waals surface area contributed by atoms with Gasteiger partial charge in [0.05, 0.1) is 5.56 Å². The molecule has 6 heteroatoms. The highest BCUT2D eigenvalue weighted by Crippen LogP contribution is 2.19. The molecule has 110 valence electrons. The first-order chi connectivity index (χ1) is 10.1. The van der Waals surface area contributed by atoms with E-state index < -0.39 is 0 Å². The maximum absolute atomic E-state index is 12.6. The molecule has 0 aliphatic carbocycles. The first-order valence-corrected chi connectivity index (χ1v) is 7.39. The van der Waals surface area contributed by atoms with Gasteiger partial charge in [0.2, 0.25) is 0 Å². The quantitative estimate of drug-likeness (QED) is 0.839. The third-order valence-corrected chi connectivity index (χ3v) is 3.41. The first-order valence-electron chi connectivity index (χ1n) is 6.63. The van der Waals surface area contributed by atoms with E-state index in [1.807, 2.05) is 37.3 Å².